The number of imide groups is 1. The van der Waals surface area contributed by atoms with Crippen molar-refractivity contribution in [3.8, 4) is 29.1 Å². The molecule has 0 aromatic heterocycles. The molecule has 9 heteroatoms. The normalized spacial score (nSPS) is 21.3. The molecule has 0 aliphatic carbocycles. The van der Waals surface area contributed by atoms with Crippen LogP contribution >= 0.6 is 0 Å². The Bertz CT molecular complexity index is 2050. The summed E-state index contributed by atoms with van der Waals surface area (Å²) in [5.41, 5.74) is 5.76. The summed E-state index contributed by atoms with van der Waals surface area (Å²) in [5, 5.41) is 12.4. The van der Waals surface area contributed by atoms with Crippen LogP contribution in [0.3, 0.4) is 0 Å². The molecule has 2 N–H and O–H groups in total. The first kappa shape index (κ1) is 33.5. The van der Waals surface area contributed by atoms with Crippen LogP contribution < -0.4 is 14.8 Å². The minimum Gasteiger partial charge on any atom is -0.508 e. The molecule has 264 valence electrons. The first-order valence-electron chi connectivity index (χ1n) is 18.1. The number of phenolic OH excluding ortho intramolecular Hbond substituents is 1. The van der Waals surface area contributed by atoms with Crippen molar-refractivity contribution in [1.29, 1.82) is 0 Å². The molecule has 3 atom stereocenters. The lowest BCUT2D eigenvalue weighted by Crippen LogP contribution is -2.52. The summed E-state index contributed by atoms with van der Waals surface area (Å²) in [6.07, 6.45) is 2.38. The van der Waals surface area contributed by atoms with Crippen molar-refractivity contribution < 1.29 is 29.0 Å². The number of nitrogens with zero attached hydrogens (tertiary/aromatic N) is 2. The van der Waals surface area contributed by atoms with Crippen LogP contribution in [0.15, 0.2) is 91.0 Å². The Labute approximate surface area is 303 Å². The summed E-state index contributed by atoms with van der Waals surface area (Å²) in [5.74, 6) is 8.35. The van der Waals surface area contributed by atoms with Crippen molar-refractivity contribution in [3.63, 3.8) is 0 Å². The lowest BCUT2D eigenvalue weighted by Gasteiger charge is -2.39. The van der Waals surface area contributed by atoms with E-state index in [2.05, 4.69) is 70.6 Å². The summed E-state index contributed by atoms with van der Waals surface area (Å²) in [6.45, 7) is 4.41. The fourth-order valence-electron chi connectivity index (χ4n) is 8.04. The summed E-state index contributed by atoms with van der Waals surface area (Å²) >= 11 is 0. The predicted molar refractivity (Wildman–Crippen MR) is 195 cm³/mol. The molecule has 8 rings (SSSR count). The number of phenols is 1. The largest absolute Gasteiger partial charge is 0.508 e. The predicted octanol–water partition coefficient (Wildman–Crippen LogP) is 5.60. The van der Waals surface area contributed by atoms with Gasteiger partial charge in [0.25, 0.3) is 5.91 Å². The van der Waals surface area contributed by atoms with E-state index in [1.807, 2.05) is 24.3 Å². The molecule has 4 aliphatic rings. The zero-order valence-electron chi connectivity index (χ0n) is 28.9. The van der Waals surface area contributed by atoms with Gasteiger partial charge in [0.1, 0.15) is 29.9 Å². The molecule has 2 fully saturated rings. The standard InChI is InChI=1S/C43H41N3O6/c47-32-15-18-35-39(23-32)52-27-37(30-8-2-1-3-9-30)41(35)31-13-16-33(17-14-31)51-22-21-45-24-28(25-45)7-4-5-10-29-11-6-12-34-36(29)26-46(43(34)50)38-19-20-40(48)44-42(38)49/h1-3,6,8-9,11-18,23,28,37-38,41,47H,4,7,19-22,24-27H2,(H,44,48,49)/t37-,38?,41-/m0/s1. The summed E-state index contributed by atoms with van der Waals surface area (Å²) in [7, 11) is 0. The van der Waals surface area contributed by atoms with Gasteiger partial charge in [0.15, 0.2) is 0 Å². The fraction of sp³-hybridized carbons (Fsp3) is 0.326. The van der Waals surface area contributed by atoms with Gasteiger partial charge < -0.3 is 19.5 Å². The Morgan fingerprint density at radius 2 is 1.75 bits per heavy atom. The molecule has 4 aromatic carbocycles. The van der Waals surface area contributed by atoms with Crippen LogP contribution in [-0.2, 0) is 16.1 Å². The van der Waals surface area contributed by atoms with Crippen molar-refractivity contribution in [3.05, 3.63) is 124 Å². The molecule has 0 bridgehead atoms. The molecule has 4 aliphatic heterocycles. The number of rotatable bonds is 9. The van der Waals surface area contributed by atoms with Gasteiger partial charge in [-0.1, -0.05) is 66.4 Å². The average molecular weight is 696 g/mol. The van der Waals surface area contributed by atoms with E-state index >= 15 is 0 Å². The Morgan fingerprint density at radius 1 is 0.923 bits per heavy atom. The number of nitrogens with one attached hydrogen (secondary N) is 1. The Balaban J connectivity index is 0.801. The molecule has 0 spiro atoms. The van der Waals surface area contributed by atoms with E-state index in [0.717, 1.165) is 60.7 Å². The van der Waals surface area contributed by atoms with Gasteiger partial charge in [-0.25, -0.2) is 0 Å². The van der Waals surface area contributed by atoms with Gasteiger partial charge in [-0.15, -0.1) is 0 Å². The second-order valence-electron chi connectivity index (χ2n) is 14.1. The first-order chi connectivity index (χ1) is 25.4. The lowest BCUT2D eigenvalue weighted by molar-refractivity contribution is -0.136. The van der Waals surface area contributed by atoms with Crippen LogP contribution in [0.2, 0.25) is 0 Å². The number of carbonyl (C=O) groups excluding carboxylic acids is 3. The number of aromatic hydroxyl groups is 1. The van der Waals surface area contributed by atoms with Crippen LogP contribution in [0.5, 0.6) is 17.2 Å². The third-order valence-corrected chi connectivity index (χ3v) is 10.8. The van der Waals surface area contributed by atoms with Crippen molar-refractivity contribution in [1.82, 2.24) is 15.1 Å². The quantitative estimate of drug-likeness (QED) is 0.173. The summed E-state index contributed by atoms with van der Waals surface area (Å²) in [6, 6.07) is 29.2. The number of amides is 3. The van der Waals surface area contributed by atoms with Gasteiger partial charge in [0, 0.05) is 73.6 Å². The SMILES string of the molecule is O=C1CCC(N2Cc3c(C#CCCC4CN(CCOc5ccc([C@H]6c7ccc(O)cc7OC[C@H]6c6ccccc6)cc5)C4)cccc3C2=O)C(=O)N1. The number of carbonyl (C=O) groups is 3. The lowest BCUT2D eigenvalue weighted by atomic mass is 9.76. The molecule has 4 aromatic rings. The minimum atomic E-state index is -0.627. The van der Waals surface area contributed by atoms with Crippen molar-refractivity contribution >= 4 is 17.7 Å². The molecule has 0 saturated carbocycles. The topological polar surface area (TPSA) is 108 Å². The van der Waals surface area contributed by atoms with E-state index in [0.29, 0.717) is 37.7 Å². The fourth-order valence-corrected chi connectivity index (χ4v) is 8.04. The Kier molecular flexibility index (Phi) is 9.40. The maximum absolute atomic E-state index is 13.1. The molecule has 3 amide bonds. The van der Waals surface area contributed by atoms with Crippen LogP contribution in [0.4, 0.5) is 0 Å². The number of piperidine rings is 1. The van der Waals surface area contributed by atoms with E-state index in [1.54, 1.807) is 23.1 Å². The van der Waals surface area contributed by atoms with Gasteiger partial charge in [-0.2, -0.15) is 0 Å². The number of likely N-dealkylation sites (tertiary alicyclic amines) is 1. The number of fused-ring (bicyclic) bond motifs is 2. The Morgan fingerprint density at radius 3 is 2.56 bits per heavy atom. The molecule has 52 heavy (non-hydrogen) atoms. The maximum atomic E-state index is 13.1. The van der Waals surface area contributed by atoms with Gasteiger partial charge in [-0.3, -0.25) is 24.6 Å². The second kappa shape index (κ2) is 14.6. The highest BCUT2D eigenvalue weighted by Crippen LogP contribution is 2.47. The second-order valence-corrected chi connectivity index (χ2v) is 14.1. The molecule has 0 radical (unpaired) electrons. The van der Waals surface area contributed by atoms with E-state index in [-0.39, 0.29) is 35.8 Å². The van der Waals surface area contributed by atoms with E-state index < -0.39 is 11.9 Å². The molecular formula is C43H41N3O6. The highest BCUT2D eigenvalue weighted by Gasteiger charge is 2.40. The Hall–Kier alpha value is -5.59. The van der Waals surface area contributed by atoms with Gasteiger partial charge in [0.05, 0.1) is 6.61 Å². The minimum absolute atomic E-state index is 0.0940. The maximum Gasteiger partial charge on any atom is 0.255 e. The van der Waals surface area contributed by atoms with E-state index in [1.165, 1.54) is 11.1 Å². The van der Waals surface area contributed by atoms with Crippen molar-refractivity contribution in [2.45, 2.75) is 50.1 Å². The number of hydrogen-bond donors (Lipinski definition) is 2. The van der Waals surface area contributed by atoms with Gasteiger partial charge in [-0.05, 0) is 65.8 Å². The highest BCUT2D eigenvalue weighted by atomic mass is 16.5. The highest BCUT2D eigenvalue weighted by molar-refractivity contribution is 6.05. The smallest absolute Gasteiger partial charge is 0.255 e. The van der Waals surface area contributed by atoms with Gasteiger partial charge >= 0.3 is 0 Å². The number of ether oxygens (including phenoxy) is 2. The summed E-state index contributed by atoms with van der Waals surface area (Å²) in [4.78, 5) is 41.1. The molecular weight excluding hydrogens is 654 g/mol. The average Bonchev–Trinajstić information content (AvgIpc) is 3.48. The monoisotopic (exact) mass is 695 g/mol. The van der Waals surface area contributed by atoms with Crippen LogP contribution in [0.1, 0.15) is 75.7 Å². The van der Waals surface area contributed by atoms with Crippen LogP contribution in [-0.4, -0.2) is 71.5 Å². The zero-order chi connectivity index (χ0) is 35.6. The molecule has 1 unspecified atom stereocenters. The van der Waals surface area contributed by atoms with Gasteiger partial charge in [0.2, 0.25) is 11.8 Å². The third-order valence-electron chi connectivity index (χ3n) is 10.8. The van der Waals surface area contributed by atoms with E-state index in [4.69, 9.17) is 9.47 Å². The van der Waals surface area contributed by atoms with Crippen molar-refractivity contribution in [2.75, 3.05) is 32.8 Å². The van der Waals surface area contributed by atoms with Crippen LogP contribution in [0.25, 0.3) is 0 Å². The van der Waals surface area contributed by atoms with E-state index in [9.17, 15) is 19.5 Å². The van der Waals surface area contributed by atoms with Crippen LogP contribution in [0, 0.1) is 17.8 Å². The van der Waals surface area contributed by atoms with Crippen molar-refractivity contribution in [2.24, 2.45) is 5.92 Å². The number of benzene rings is 4. The molecule has 4 heterocycles. The molecule has 2 saturated heterocycles. The number of hydrogen-bond acceptors (Lipinski definition) is 7. The molecule has 9 nitrogen and oxygen atoms in total. The third kappa shape index (κ3) is 6.87. The summed E-state index contributed by atoms with van der Waals surface area (Å²) < 4.78 is 12.3. The first-order valence-corrected chi connectivity index (χ1v) is 18.1. The zero-order valence-corrected chi connectivity index (χ0v) is 28.9.